The smallest absolute Gasteiger partial charge is 0.338 e. The molecule has 6 nitrogen and oxygen atoms in total. The summed E-state index contributed by atoms with van der Waals surface area (Å²) in [7, 11) is 0. The number of carbonyl (C=O) groups excluding carboxylic acids is 1. The van der Waals surface area contributed by atoms with Gasteiger partial charge in [-0.2, -0.15) is 0 Å². The number of anilines is 1. The molecule has 0 bridgehead atoms. The molecule has 3 aromatic rings. The number of carbonyl (C=O) groups is 1. The van der Waals surface area contributed by atoms with E-state index in [2.05, 4.69) is 0 Å². The number of esters is 1. The lowest BCUT2D eigenvalue weighted by atomic mass is 10.1. The van der Waals surface area contributed by atoms with Crippen molar-refractivity contribution in [3.05, 3.63) is 75.8 Å². The molecule has 0 saturated heterocycles. The second-order valence-electron chi connectivity index (χ2n) is 6.81. The third-order valence-electron chi connectivity index (χ3n) is 4.85. The van der Waals surface area contributed by atoms with Crippen molar-refractivity contribution in [2.75, 3.05) is 18.1 Å². The Balaban J connectivity index is 1.60. The molecule has 0 aliphatic carbocycles. The van der Waals surface area contributed by atoms with Gasteiger partial charge in [-0.25, -0.2) is 9.78 Å². The average Bonchev–Trinajstić information content (AvgIpc) is 3.27. The molecule has 0 atom stereocenters. The summed E-state index contributed by atoms with van der Waals surface area (Å²) in [6.45, 7) is 4.26. The Hall–Kier alpha value is -3.45. The zero-order chi connectivity index (χ0) is 21.3. The van der Waals surface area contributed by atoms with Gasteiger partial charge < -0.3 is 14.7 Å². The minimum Gasteiger partial charge on any atom is -0.510 e. The molecule has 7 heteroatoms. The van der Waals surface area contributed by atoms with Crippen molar-refractivity contribution in [1.82, 2.24) is 4.98 Å². The molecule has 1 aliphatic rings. The topological polar surface area (TPSA) is 86.5 Å². The number of ether oxygens (including phenoxy) is 1. The van der Waals surface area contributed by atoms with Crippen molar-refractivity contribution in [1.29, 1.82) is 5.41 Å². The molecule has 30 heavy (non-hydrogen) atoms. The number of aliphatic hydroxyl groups excluding tert-OH is 1. The first-order chi connectivity index (χ1) is 14.5. The SMILES string of the molecule is CCOC(=O)c1ccc(N2CC(O)=C(c3nc(-c4ccccc4)c(C)s3)C2=N)cc1. The fourth-order valence-electron chi connectivity index (χ4n) is 3.38. The van der Waals surface area contributed by atoms with Crippen LogP contribution in [0.1, 0.15) is 27.2 Å². The number of aromatic nitrogens is 1. The van der Waals surface area contributed by atoms with E-state index in [1.54, 1.807) is 36.1 Å². The molecule has 1 aromatic heterocycles. The molecule has 4 rings (SSSR count). The number of rotatable bonds is 5. The Morgan fingerprint density at radius 1 is 1.20 bits per heavy atom. The fraction of sp³-hybridized carbons (Fsp3) is 0.174. The third-order valence-corrected chi connectivity index (χ3v) is 5.84. The maximum absolute atomic E-state index is 11.8. The van der Waals surface area contributed by atoms with Crippen LogP contribution in [0.2, 0.25) is 0 Å². The summed E-state index contributed by atoms with van der Waals surface area (Å²) < 4.78 is 5.01. The molecular formula is C23H21N3O3S. The molecule has 0 spiro atoms. The predicted octanol–water partition coefficient (Wildman–Crippen LogP) is 5.06. The first-order valence-electron chi connectivity index (χ1n) is 9.58. The summed E-state index contributed by atoms with van der Waals surface area (Å²) in [4.78, 5) is 19.3. The van der Waals surface area contributed by atoms with Gasteiger partial charge >= 0.3 is 5.97 Å². The van der Waals surface area contributed by atoms with Gasteiger partial charge in [-0.05, 0) is 38.1 Å². The number of amidine groups is 1. The van der Waals surface area contributed by atoms with Crippen LogP contribution in [0.4, 0.5) is 5.69 Å². The predicted molar refractivity (Wildman–Crippen MR) is 119 cm³/mol. The lowest BCUT2D eigenvalue weighted by Gasteiger charge is -2.18. The van der Waals surface area contributed by atoms with E-state index in [1.807, 2.05) is 37.3 Å². The Bertz CT molecular complexity index is 1130. The van der Waals surface area contributed by atoms with Crippen LogP contribution in [-0.4, -0.2) is 35.0 Å². The molecule has 152 valence electrons. The molecule has 1 aliphatic heterocycles. The molecule has 0 radical (unpaired) electrons. The van der Waals surface area contributed by atoms with Crippen LogP contribution in [0.25, 0.3) is 16.8 Å². The van der Waals surface area contributed by atoms with Gasteiger partial charge in [0.05, 0.1) is 30.0 Å². The number of aliphatic hydroxyl groups is 1. The van der Waals surface area contributed by atoms with Crippen LogP contribution in [-0.2, 0) is 4.74 Å². The molecule has 0 saturated carbocycles. The zero-order valence-corrected chi connectivity index (χ0v) is 17.5. The lowest BCUT2D eigenvalue weighted by molar-refractivity contribution is 0.0526. The Kier molecular flexibility index (Phi) is 5.37. The highest BCUT2D eigenvalue weighted by Crippen LogP contribution is 2.36. The Morgan fingerprint density at radius 2 is 1.90 bits per heavy atom. The maximum Gasteiger partial charge on any atom is 0.338 e. The molecule has 0 amide bonds. The number of benzene rings is 2. The largest absolute Gasteiger partial charge is 0.510 e. The standard InChI is InChI=1S/C23H21N3O3S/c1-3-29-23(28)16-9-11-17(12-10-16)26-13-18(27)19(21(26)24)22-25-20(14(2)30-22)15-7-5-4-6-8-15/h4-12,24,27H,3,13H2,1-2H3. The molecular weight excluding hydrogens is 398 g/mol. The summed E-state index contributed by atoms with van der Waals surface area (Å²) in [6, 6.07) is 16.7. The van der Waals surface area contributed by atoms with Crippen LogP contribution in [0, 0.1) is 12.3 Å². The highest BCUT2D eigenvalue weighted by Gasteiger charge is 2.32. The van der Waals surface area contributed by atoms with E-state index in [1.165, 1.54) is 11.3 Å². The quantitative estimate of drug-likeness (QED) is 0.565. The van der Waals surface area contributed by atoms with Gasteiger partial charge in [-0.1, -0.05) is 30.3 Å². The highest BCUT2D eigenvalue weighted by atomic mass is 32.1. The average molecular weight is 420 g/mol. The third kappa shape index (κ3) is 3.59. The fourth-order valence-corrected chi connectivity index (χ4v) is 4.39. The van der Waals surface area contributed by atoms with E-state index >= 15 is 0 Å². The molecule has 2 heterocycles. The molecule has 2 aromatic carbocycles. The van der Waals surface area contributed by atoms with E-state index in [0.29, 0.717) is 28.4 Å². The Morgan fingerprint density at radius 3 is 2.57 bits per heavy atom. The van der Waals surface area contributed by atoms with E-state index < -0.39 is 0 Å². The monoisotopic (exact) mass is 419 g/mol. The van der Waals surface area contributed by atoms with Crippen molar-refractivity contribution < 1.29 is 14.6 Å². The van der Waals surface area contributed by atoms with Gasteiger partial charge in [0.15, 0.2) is 0 Å². The molecule has 0 fully saturated rings. The minimum absolute atomic E-state index is 0.114. The second-order valence-corrected chi connectivity index (χ2v) is 8.02. The van der Waals surface area contributed by atoms with E-state index in [9.17, 15) is 9.90 Å². The number of hydrogen-bond acceptors (Lipinski definition) is 6. The molecule has 0 unspecified atom stereocenters. The Labute approximate surface area is 178 Å². The van der Waals surface area contributed by atoms with Gasteiger partial charge in [-0.3, -0.25) is 5.41 Å². The zero-order valence-electron chi connectivity index (χ0n) is 16.7. The van der Waals surface area contributed by atoms with Crippen LogP contribution >= 0.6 is 11.3 Å². The summed E-state index contributed by atoms with van der Waals surface area (Å²) in [5, 5.41) is 19.9. The van der Waals surface area contributed by atoms with Crippen LogP contribution in [0.15, 0.2) is 60.4 Å². The number of thiazole rings is 1. The molecule has 2 N–H and O–H groups in total. The second kappa shape index (κ2) is 8.12. The van der Waals surface area contributed by atoms with Gasteiger partial charge in [0.1, 0.15) is 16.6 Å². The summed E-state index contributed by atoms with van der Waals surface area (Å²) in [6.07, 6.45) is 0. The van der Waals surface area contributed by atoms with Gasteiger partial charge in [0, 0.05) is 16.1 Å². The van der Waals surface area contributed by atoms with Crippen molar-refractivity contribution >= 4 is 34.4 Å². The van der Waals surface area contributed by atoms with E-state index in [4.69, 9.17) is 15.1 Å². The normalized spacial score (nSPS) is 13.8. The number of nitrogens with zero attached hydrogens (tertiary/aromatic N) is 2. The summed E-state index contributed by atoms with van der Waals surface area (Å²) >= 11 is 1.47. The lowest BCUT2D eigenvalue weighted by Crippen LogP contribution is -2.26. The van der Waals surface area contributed by atoms with Crippen molar-refractivity contribution in [2.45, 2.75) is 13.8 Å². The summed E-state index contributed by atoms with van der Waals surface area (Å²) in [5.74, 6) is -0.0820. The van der Waals surface area contributed by atoms with Gasteiger partial charge in [0.25, 0.3) is 0 Å². The van der Waals surface area contributed by atoms with E-state index in [0.717, 1.165) is 16.1 Å². The highest BCUT2D eigenvalue weighted by molar-refractivity contribution is 7.13. The number of hydrogen-bond donors (Lipinski definition) is 2. The van der Waals surface area contributed by atoms with Crippen molar-refractivity contribution in [3.8, 4) is 11.3 Å². The minimum atomic E-state index is -0.381. The maximum atomic E-state index is 11.8. The van der Waals surface area contributed by atoms with Crippen LogP contribution in [0.3, 0.4) is 0 Å². The van der Waals surface area contributed by atoms with Crippen LogP contribution in [0.5, 0.6) is 0 Å². The van der Waals surface area contributed by atoms with E-state index in [-0.39, 0.29) is 24.1 Å². The van der Waals surface area contributed by atoms with Gasteiger partial charge in [0.2, 0.25) is 0 Å². The summed E-state index contributed by atoms with van der Waals surface area (Å²) in [5.41, 5.74) is 3.48. The first kappa shape index (κ1) is 19.8. The van der Waals surface area contributed by atoms with Crippen molar-refractivity contribution in [3.63, 3.8) is 0 Å². The number of nitrogens with one attached hydrogen (secondary N) is 1. The first-order valence-corrected chi connectivity index (χ1v) is 10.4. The van der Waals surface area contributed by atoms with Gasteiger partial charge in [-0.15, -0.1) is 11.3 Å². The van der Waals surface area contributed by atoms with Crippen LogP contribution < -0.4 is 4.90 Å². The number of aryl methyl sites for hydroxylation is 1. The van der Waals surface area contributed by atoms with Crippen molar-refractivity contribution in [2.24, 2.45) is 0 Å².